The average molecular weight is 261 g/mol. The Morgan fingerprint density at radius 1 is 1.32 bits per heavy atom. The molecule has 98 valence electrons. The number of carbonyl (C=O) groups is 2. The molecule has 1 aromatic carbocycles. The van der Waals surface area contributed by atoms with Crippen LogP contribution in [0.2, 0.25) is 0 Å². The van der Waals surface area contributed by atoms with Crippen molar-refractivity contribution in [2.45, 2.75) is 0 Å². The standard InChI is InChI=1S/C12H11N3O4/c1-15-5-4-10(14-15)11(17)13-9-3-2-7(16)6-8(9)12(18)19/h2-6,16H,1H3,(H,13,17)(H,18,19). The highest BCUT2D eigenvalue weighted by atomic mass is 16.4. The zero-order chi connectivity index (χ0) is 14.0. The van der Waals surface area contributed by atoms with E-state index in [-0.39, 0.29) is 22.7 Å². The van der Waals surface area contributed by atoms with Gasteiger partial charge in [-0.15, -0.1) is 0 Å². The van der Waals surface area contributed by atoms with Crippen molar-refractivity contribution in [3.63, 3.8) is 0 Å². The maximum atomic E-state index is 11.8. The van der Waals surface area contributed by atoms with E-state index in [1.807, 2.05) is 0 Å². The number of nitrogens with zero attached hydrogens (tertiary/aromatic N) is 2. The summed E-state index contributed by atoms with van der Waals surface area (Å²) in [6.45, 7) is 0. The second-order valence-corrected chi connectivity index (χ2v) is 3.86. The van der Waals surface area contributed by atoms with E-state index >= 15 is 0 Å². The summed E-state index contributed by atoms with van der Waals surface area (Å²) >= 11 is 0. The molecule has 1 amide bonds. The number of anilines is 1. The molecule has 3 N–H and O–H groups in total. The lowest BCUT2D eigenvalue weighted by Crippen LogP contribution is -2.15. The van der Waals surface area contributed by atoms with E-state index in [1.54, 1.807) is 13.2 Å². The molecule has 0 unspecified atom stereocenters. The monoisotopic (exact) mass is 261 g/mol. The minimum absolute atomic E-state index is 0.0981. The van der Waals surface area contributed by atoms with E-state index in [0.717, 1.165) is 6.07 Å². The van der Waals surface area contributed by atoms with Crippen molar-refractivity contribution in [1.82, 2.24) is 9.78 Å². The molecule has 0 spiro atoms. The first-order valence-electron chi connectivity index (χ1n) is 5.34. The maximum absolute atomic E-state index is 11.8. The first kappa shape index (κ1) is 12.6. The number of hydrogen-bond acceptors (Lipinski definition) is 4. The third kappa shape index (κ3) is 2.71. The Morgan fingerprint density at radius 3 is 2.63 bits per heavy atom. The van der Waals surface area contributed by atoms with Gasteiger partial charge in [0.25, 0.3) is 5.91 Å². The van der Waals surface area contributed by atoms with E-state index in [9.17, 15) is 14.7 Å². The molecule has 7 heteroatoms. The summed E-state index contributed by atoms with van der Waals surface area (Å²) in [6.07, 6.45) is 1.60. The van der Waals surface area contributed by atoms with Crippen LogP contribution in [-0.4, -0.2) is 31.9 Å². The van der Waals surface area contributed by atoms with Gasteiger partial charge in [0.15, 0.2) is 5.69 Å². The second kappa shape index (κ2) is 4.81. The summed E-state index contributed by atoms with van der Waals surface area (Å²) in [5, 5.41) is 24.6. The lowest BCUT2D eigenvalue weighted by molar-refractivity contribution is 0.0697. The summed E-state index contributed by atoms with van der Waals surface area (Å²) in [6, 6.07) is 5.19. The van der Waals surface area contributed by atoms with Crippen molar-refractivity contribution < 1.29 is 19.8 Å². The Balaban J connectivity index is 2.28. The fourth-order valence-corrected chi connectivity index (χ4v) is 1.54. The van der Waals surface area contributed by atoms with Crippen LogP contribution in [0, 0.1) is 0 Å². The Labute approximate surface area is 108 Å². The van der Waals surface area contributed by atoms with Gasteiger partial charge in [0.1, 0.15) is 5.75 Å². The van der Waals surface area contributed by atoms with Gasteiger partial charge in [0, 0.05) is 13.2 Å². The molecule has 0 saturated heterocycles. The number of rotatable bonds is 3. The highest BCUT2D eigenvalue weighted by Crippen LogP contribution is 2.21. The number of phenols is 1. The van der Waals surface area contributed by atoms with Crippen molar-refractivity contribution >= 4 is 17.6 Å². The van der Waals surface area contributed by atoms with E-state index in [1.165, 1.54) is 22.9 Å². The van der Waals surface area contributed by atoms with Crippen molar-refractivity contribution in [2.24, 2.45) is 7.05 Å². The van der Waals surface area contributed by atoms with Crippen LogP contribution >= 0.6 is 0 Å². The number of carbonyl (C=O) groups excluding carboxylic acids is 1. The Bertz CT molecular complexity index is 648. The number of carboxylic acid groups (broad SMARTS) is 1. The third-order valence-corrected chi connectivity index (χ3v) is 2.43. The van der Waals surface area contributed by atoms with Crippen LogP contribution in [0.5, 0.6) is 5.75 Å². The molecule has 19 heavy (non-hydrogen) atoms. The van der Waals surface area contributed by atoms with Gasteiger partial charge < -0.3 is 15.5 Å². The van der Waals surface area contributed by atoms with Gasteiger partial charge in [-0.1, -0.05) is 0 Å². The molecule has 0 aliphatic heterocycles. The first-order valence-corrected chi connectivity index (χ1v) is 5.34. The van der Waals surface area contributed by atoms with Crippen molar-refractivity contribution in [3.8, 4) is 5.75 Å². The van der Waals surface area contributed by atoms with Gasteiger partial charge in [-0.05, 0) is 24.3 Å². The number of aromatic hydroxyl groups is 1. The van der Waals surface area contributed by atoms with Crippen LogP contribution in [-0.2, 0) is 7.05 Å². The van der Waals surface area contributed by atoms with Crippen LogP contribution in [0.3, 0.4) is 0 Å². The molecule has 2 aromatic rings. The average Bonchev–Trinajstić information content (AvgIpc) is 2.78. The number of benzene rings is 1. The van der Waals surface area contributed by atoms with E-state index < -0.39 is 11.9 Å². The molecule has 0 radical (unpaired) electrons. The number of phenolic OH excluding ortho intramolecular Hbond substituents is 1. The van der Waals surface area contributed by atoms with Gasteiger partial charge in [0.2, 0.25) is 0 Å². The lowest BCUT2D eigenvalue weighted by atomic mass is 10.1. The molecule has 0 aliphatic rings. The maximum Gasteiger partial charge on any atom is 0.337 e. The second-order valence-electron chi connectivity index (χ2n) is 3.86. The Kier molecular flexibility index (Phi) is 3.19. The van der Waals surface area contributed by atoms with Gasteiger partial charge in [-0.25, -0.2) is 4.79 Å². The largest absolute Gasteiger partial charge is 0.508 e. The fraction of sp³-hybridized carbons (Fsp3) is 0.0833. The van der Waals surface area contributed by atoms with Crippen LogP contribution in [0.4, 0.5) is 5.69 Å². The molecule has 0 atom stereocenters. The van der Waals surface area contributed by atoms with Crippen molar-refractivity contribution in [2.75, 3.05) is 5.32 Å². The zero-order valence-corrected chi connectivity index (χ0v) is 9.99. The zero-order valence-electron chi connectivity index (χ0n) is 9.99. The number of nitrogens with one attached hydrogen (secondary N) is 1. The number of amides is 1. The van der Waals surface area contributed by atoms with E-state index in [0.29, 0.717) is 0 Å². The molecule has 2 rings (SSSR count). The molecule has 1 aromatic heterocycles. The van der Waals surface area contributed by atoms with Crippen LogP contribution < -0.4 is 5.32 Å². The van der Waals surface area contributed by atoms with Gasteiger partial charge in [0.05, 0.1) is 11.3 Å². The number of carboxylic acids is 1. The third-order valence-electron chi connectivity index (χ3n) is 2.43. The molecule has 0 bridgehead atoms. The predicted molar refractivity (Wildman–Crippen MR) is 66.2 cm³/mol. The smallest absolute Gasteiger partial charge is 0.337 e. The van der Waals surface area contributed by atoms with Crippen LogP contribution in [0.25, 0.3) is 0 Å². The number of aromatic nitrogens is 2. The van der Waals surface area contributed by atoms with Crippen molar-refractivity contribution in [1.29, 1.82) is 0 Å². The molecule has 1 heterocycles. The lowest BCUT2D eigenvalue weighted by Gasteiger charge is -2.07. The Hall–Kier alpha value is -2.83. The summed E-state index contributed by atoms with van der Waals surface area (Å²) in [5.74, 6) is -1.95. The van der Waals surface area contributed by atoms with Crippen molar-refractivity contribution in [3.05, 3.63) is 41.7 Å². The highest BCUT2D eigenvalue weighted by Gasteiger charge is 2.15. The van der Waals surface area contributed by atoms with Crippen LogP contribution in [0.15, 0.2) is 30.5 Å². The summed E-state index contributed by atoms with van der Waals surface area (Å²) in [5.41, 5.74) is 0.0807. The first-order chi connectivity index (χ1) is 8.97. The minimum Gasteiger partial charge on any atom is -0.508 e. The molecule has 0 saturated carbocycles. The quantitative estimate of drug-likeness (QED) is 0.717. The number of aromatic carboxylic acids is 1. The van der Waals surface area contributed by atoms with Gasteiger partial charge in [-0.2, -0.15) is 5.10 Å². The molecule has 0 aliphatic carbocycles. The van der Waals surface area contributed by atoms with Crippen LogP contribution in [0.1, 0.15) is 20.8 Å². The molecular weight excluding hydrogens is 250 g/mol. The summed E-state index contributed by atoms with van der Waals surface area (Å²) < 4.78 is 1.46. The summed E-state index contributed by atoms with van der Waals surface area (Å²) in [4.78, 5) is 22.9. The van der Waals surface area contributed by atoms with Gasteiger partial charge in [-0.3, -0.25) is 9.48 Å². The highest BCUT2D eigenvalue weighted by molar-refractivity contribution is 6.06. The molecule has 0 fully saturated rings. The van der Waals surface area contributed by atoms with E-state index in [4.69, 9.17) is 5.11 Å². The van der Waals surface area contributed by atoms with E-state index in [2.05, 4.69) is 10.4 Å². The topological polar surface area (TPSA) is 104 Å². The minimum atomic E-state index is -1.24. The van der Waals surface area contributed by atoms with Gasteiger partial charge >= 0.3 is 5.97 Å². The normalized spacial score (nSPS) is 10.2. The number of aryl methyl sites for hydroxylation is 1. The Morgan fingerprint density at radius 2 is 2.05 bits per heavy atom. The number of hydrogen-bond donors (Lipinski definition) is 3. The summed E-state index contributed by atoms with van der Waals surface area (Å²) in [7, 11) is 1.67. The SMILES string of the molecule is Cn1ccc(C(=O)Nc2ccc(O)cc2C(=O)O)n1. The molecular formula is C12H11N3O4. The predicted octanol–water partition coefficient (Wildman–Crippen LogP) is 1.08. The molecule has 7 nitrogen and oxygen atoms in total. The fourth-order valence-electron chi connectivity index (χ4n) is 1.54.